The van der Waals surface area contributed by atoms with Gasteiger partial charge < -0.3 is 21.0 Å². The number of nitrogens with two attached hydrogens (primary N) is 1. The van der Waals surface area contributed by atoms with Crippen LogP contribution in [0.1, 0.15) is 37.0 Å². The van der Waals surface area contributed by atoms with E-state index in [9.17, 15) is 9.18 Å². The molecule has 1 rings (SSSR count). The smallest absolute Gasteiger partial charge is 0.335 e. The van der Waals surface area contributed by atoms with Crippen LogP contribution in [0.15, 0.2) is 29.5 Å². The first-order valence-corrected chi connectivity index (χ1v) is 6.49. The van der Waals surface area contributed by atoms with E-state index in [0.717, 1.165) is 17.7 Å². The molecule has 0 spiro atoms. The van der Waals surface area contributed by atoms with Gasteiger partial charge in [0.1, 0.15) is 0 Å². The highest BCUT2D eigenvalue weighted by Gasteiger charge is 2.10. The second kappa shape index (κ2) is 7.42. The highest BCUT2D eigenvalue weighted by atomic mass is 19.1. The number of rotatable bonds is 7. The number of nitrogens with one attached hydrogen (secondary N) is 1. The van der Waals surface area contributed by atoms with E-state index < -0.39 is 11.8 Å². The van der Waals surface area contributed by atoms with Crippen LogP contribution in [0.3, 0.4) is 0 Å². The van der Waals surface area contributed by atoms with E-state index in [1.807, 2.05) is 0 Å². The van der Waals surface area contributed by atoms with Gasteiger partial charge in [-0.1, -0.05) is 0 Å². The minimum absolute atomic E-state index is 0.0277. The quantitative estimate of drug-likeness (QED) is 0.532. The zero-order chi connectivity index (χ0) is 16.0. The number of aromatic carboxylic acids is 1. The van der Waals surface area contributed by atoms with Gasteiger partial charge in [0.05, 0.1) is 12.2 Å². The molecule has 0 fully saturated rings. The van der Waals surface area contributed by atoms with Crippen LogP contribution < -0.4 is 10.5 Å². The SMILES string of the molecule is CC(=N)C(CCCOc1cc(C(=O)O)ccc1F)=C(C)N. The number of benzene rings is 1. The minimum Gasteiger partial charge on any atom is -0.490 e. The maximum atomic E-state index is 13.5. The molecule has 0 heterocycles. The Morgan fingerprint density at radius 1 is 1.43 bits per heavy atom. The van der Waals surface area contributed by atoms with Crippen molar-refractivity contribution >= 4 is 11.7 Å². The molecule has 4 N–H and O–H groups in total. The van der Waals surface area contributed by atoms with Gasteiger partial charge in [-0.15, -0.1) is 0 Å². The number of hydrogen-bond donors (Lipinski definition) is 3. The summed E-state index contributed by atoms with van der Waals surface area (Å²) in [7, 11) is 0. The Labute approximate surface area is 122 Å². The monoisotopic (exact) mass is 294 g/mol. The van der Waals surface area contributed by atoms with Gasteiger partial charge in [-0.3, -0.25) is 0 Å². The molecule has 0 saturated heterocycles. The first kappa shape index (κ1) is 16.7. The summed E-state index contributed by atoms with van der Waals surface area (Å²) in [5, 5.41) is 16.4. The fourth-order valence-corrected chi connectivity index (χ4v) is 1.86. The molecule has 0 aliphatic carbocycles. The molecule has 0 amide bonds. The predicted octanol–water partition coefficient (Wildman–Crippen LogP) is 2.96. The molecule has 0 aliphatic heterocycles. The molecule has 1 aromatic rings. The lowest BCUT2D eigenvalue weighted by Gasteiger charge is -2.10. The van der Waals surface area contributed by atoms with E-state index in [2.05, 4.69) is 0 Å². The van der Waals surface area contributed by atoms with Crippen molar-refractivity contribution in [3.05, 3.63) is 40.8 Å². The van der Waals surface area contributed by atoms with Crippen LogP contribution in [0.2, 0.25) is 0 Å². The largest absolute Gasteiger partial charge is 0.490 e. The van der Waals surface area contributed by atoms with Crippen molar-refractivity contribution in [2.24, 2.45) is 5.73 Å². The van der Waals surface area contributed by atoms with E-state index in [0.29, 0.717) is 24.3 Å². The Morgan fingerprint density at radius 2 is 2.10 bits per heavy atom. The number of carboxylic acid groups (broad SMARTS) is 1. The molecule has 1 aromatic carbocycles. The van der Waals surface area contributed by atoms with Gasteiger partial charge in [-0.2, -0.15) is 0 Å². The Hall–Kier alpha value is -2.37. The normalized spacial score (nSPS) is 11.8. The van der Waals surface area contributed by atoms with Crippen LogP contribution in [0, 0.1) is 11.2 Å². The Balaban J connectivity index is 2.61. The molecule has 0 aromatic heterocycles. The fraction of sp³-hybridized carbons (Fsp3) is 0.333. The van der Waals surface area contributed by atoms with Gasteiger partial charge in [-0.05, 0) is 50.5 Å². The molecule has 0 aliphatic rings. The third kappa shape index (κ3) is 4.91. The molecule has 0 saturated carbocycles. The maximum Gasteiger partial charge on any atom is 0.335 e. The molecular formula is C15H19FN2O3. The topological polar surface area (TPSA) is 96.4 Å². The van der Waals surface area contributed by atoms with Crippen LogP contribution in [-0.2, 0) is 0 Å². The number of halogens is 1. The maximum absolute atomic E-state index is 13.5. The van der Waals surface area contributed by atoms with Crippen LogP contribution in [0.25, 0.3) is 0 Å². The van der Waals surface area contributed by atoms with Crippen molar-refractivity contribution in [1.82, 2.24) is 0 Å². The lowest BCUT2D eigenvalue weighted by atomic mass is 10.0. The van der Waals surface area contributed by atoms with Gasteiger partial charge in [0.2, 0.25) is 0 Å². The Kier molecular flexibility index (Phi) is 5.90. The lowest BCUT2D eigenvalue weighted by molar-refractivity contribution is 0.0696. The second-order valence-electron chi connectivity index (χ2n) is 4.69. The van der Waals surface area contributed by atoms with Crippen LogP contribution in [0.4, 0.5) is 4.39 Å². The predicted molar refractivity (Wildman–Crippen MR) is 78.4 cm³/mol. The number of carboxylic acids is 1. The summed E-state index contributed by atoms with van der Waals surface area (Å²) in [6.07, 6.45) is 1.11. The number of allylic oxidation sites excluding steroid dienone is 2. The molecule has 114 valence electrons. The van der Waals surface area contributed by atoms with Crippen molar-refractivity contribution < 1.29 is 19.0 Å². The minimum atomic E-state index is -1.14. The van der Waals surface area contributed by atoms with E-state index in [1.54, 1.807) is 13.8 Å². The van der Waals surface area contributed by atoms with E-state index in [-0.39, 0.29) is 17.9 Å². The number of hydrogen-bond acceptors (Lipinski definition) is 4. The summed E-state index contributed by atoms with van der Waals surface area (Å²) < 4.78 is 18.8. The molecule has 21 heavy (non-hydrogen) atoms. The molecule has 6 heteroatoms. The number of carbonyl (C=O) groups is 1. The van der Waals surface area contributed by atoms with Crippen molar-refractivity contribution in [2.75, 3.05) is 6.61 Å². The van der Waals surface area contributed by atoms with E-state index >= 15 is 0 Å². The summed E-state index contributed by atoms with van der Waals surface area (Å²) in [5.74, 6) is -1.83. The Morgan fingerprint density at radius 3 is 2.62 bits per heavy atom. The fourth-order valence-electron chi connectivity index (χ4n) is 1.86. The average molecular weight is 294 g/mol. The van der Waals surface area contributed by atoms with E-state index in [4.69, 9.17) is 21.0 Å². The summed E-state index contributed by atoms with van der Waals surface area (Å²) in [4.78, 5) is 10.8. The van der Waals surface area contributed by atoms with Crippen molar-refractivity contribution in [3.8, 4) is 5.75 Å². The third-order valence-electron chi connectivity index (χ3n) is 2.94. The average Bonchev–Trinajstić information content (AvgIpc) is 2.39. The summed E-state index contributed by atoms with van der Waals surface area (Å²) in [5.41, 5.74) is 7.38. The second-order valence-corrected chi connectivity index (χ2v) is 4.69. The molecule has 0 radical (unpaired) electrons. The van der Waals surface area contributed by atoms with Gasteiger partial charge in [0.15, 0.2) is 11.6 Å². The van der Waals surface area contributed by atoms with Gasteiger partial charge in [-0.25, -0.2) is 9.18 Å². The molecule has 0 atom stereocenters. The first-order valence-electron chi connectivity index (χ1n) is 6.49. The van der Waals surface area contributed by atoms with Gasteiger partial charge >= 0.3 is 5.97 Å². The van der Waals surface area contributed by atoms with Crippen molar-refractivity contribution in [2.45, 2.75) is 26.7 Å². The highest BCUT2D eigenvalue weighted by Crippen LogP contribution is 2.20. The van der Waals surface area contributed by atoms with Crippen molar-refractivity contribution in [3.63, 3.8) is 0 Å². The standard InChI is InChI=1S/C15H19FN2O3/c1-9(17)12(10(2)18)4-3-7-21-14-8-11(15(19)20)5-6-13(14)16/h5-6,8,17H,3-4,7,18H2,1-2H3,(H,19,20). The third-order valence-corrected chi connectivity index (χ3v) is 2.94. The Bertz CT molecular complexity index is 578. The highest BCUT2D eigenvalue weighted by molar-refractivity contribution is 5.96. The van der Waals surface area contributed by atoms with Crippen LogP contribution >= 0.6 is 0 Å². The molecule has 5 nitrogen and oxygen atoms in total. The summed E-state index contributed by atoms with van der Waals surface area (Å²) in [6, 6.07) is 3.40. The van der Waals surface area contributed by atoms with Crippen LogP contribution in [0.5, 0.6) is 5.75 Å². The van der Waals surface area contributed by atoms with Gasteiger partial charge in [0, 0.05) is 11.4 Å². The molecule has 0 unspecified atom stereocenters. The number of ether oxygens (including phenoxy) is 1. The van der Waals surface area contributed by atoms with Crippen LogP contribution in [-0.4, -0.2) is 23.4 Å². The lowest BCUT2D eigenvalue weighted by Crippen LogP contribution is -2.08. The summed E-state index contributed by atoms with van der Waals surface area (Å²) in [6.45, 7) is 3.59. The molecule has 0 bridgehead atoms. The zero-order valence-corrected chi connectivity index (χ0v) is 12.1. The van der Waals surface area contributed by atoms with Crippen molar-refractivity contribution in [1.29, 1.82) is 5.41 Å². The van der Waals surface area contributed by atoms with E-state index in [1.165, 1.54) is 6.07 Å². The summed E-state index contributed by atoms with van der Waals surface area (Å²) >= 11 is 0. The zero-order valence-electron chi connectivity index (χ0n) is 12.1. The first-order chi connectivity index (χ1) is 9.82. The van der Waals surface area contributed by atoms with Gasteiger partial charge in [0.25, 0.3) is 0 Å². The molecular weight excluding hydrogens is 275 g/mol.